The number of anilines is 2. The van der Waals surface area contributed by atoms with Crippen molar-refractivity contribution in [3.63, 3.8) is 0 Å². The molecule has 27 heavy (non-hydrogen) atoms. The Morgan fingerprint density at radius 1 is 1.30 bits per heavy atom. The number of nitrogens with one attached hydrogen (secondary N) is 2. The molecule has 1 aromatic carbocycles. The van der Waals surface area contributed by atoms with Gasteiger partial charge in [0, 0.05) is 30.6 Å². The summed E-state index contributed by atoms with van der Waals surface area (Å²) in [7, 11) is 0. The monoisotopic (exact) mass is 399 g/mol. The molecule has 1 aliphatic heterocycles. The van der Waals surface area contributed by atoms with Crippen LogP contribution in [-0.4, -0.2) is 30.1 Å². The Morgan fingerprint density at radius 2 is 2.11 bits per heavy atom. The first-order valence-corrected chi connectivity index (χ1v) is 8.69. The van der Waals surface area contributed by atoms with E-state index in [9.17, 15) is 18.0 Å². The molecule has 0 bridgehead atoms. The molecule has 144 valence electrons. The van der Waals surface area contributed by atoms with Crippen molar-refractivity contribution in [3.05, 3.63) is 52.8 Å². The van der Waals surface area contributed by atoms with Crippen LogP contribution in [0.1, 0.15) is 28.8 Å². The normalized spacial score (nSPS) is 17.0. The molecule has 9 heteroatoms. The minimum Gasteiger partial charge on any atom is -0.381 e. The fourth-order valence-corrected chi connectivity index (χ4v) is 2.92. The standard InChI is InChI=1S/C18H17ClF3N3O2/c19-12-3-4-16(15(7-12)18(20,21)22)25-17(26)11-6-13(9-23-8-11)24-10-14-2-1-5-27-14/h3-4,6-9,14,24H,1-2,5,10H2,(H,25,26). The van der Waals surface area contributed by atoms with Gasteiger partial charge in [-0.25, -0.2) is 0 Å². The summed E-state index contributed by atoms with van der Waals surface area (Å²) in [5.41, 5.74) is -0.653. The van der Waals surface area contributed by atoms with Crippen molar-refractivity contribution in [1.29, 1.82) is 0 Å². The molecule has 2 heterocycles. The molecular weight excluding hydrogens is 383 g/mol. The predicted octanol–water partition coefficient (Wildman–Crippen LogP) is 4.60. The zero-order chi connectivity index (χ0) is 19.4. The molecule has 0 aliphatic carbocycles. The first-order chi connectivity index (χ1) is 12.8. The maximum atomic E-state index is 13.1. The van der Waals surface area contributed by atoms with Crippen LogP contribution in [0.5, 0.6) is 0 Å². The van der Waals surface area contributed by atoms with Gasteiger partial charge < -0.3 is 15.4 Å². The van der Waals surface area contributed by atoms with E-state index in [1.54, 1.807) is 0 Å². The van der Waals surface area contributed by atoms with E-state index in [-0.39, 0.29) is 22.4 Å². The summed E-state index contributed by atoms with van der Waals surface area (Å²) < 4.78 is 45.0. The van der Waals surface area contributed by atoms with Crippen LogP contribution < -0.4 is 10.6 Å². The molecule has 3 rings (SSSR count). The Labute approximate surface area is 158 Å². The van der Waals surface area contributed by atoms with Crippen LogP contribution in [0, 0.1) is 0 Å². The lowest BCUT2D eigenvalue weighted by Crippen LogP contribution is -2.19. The SMILES string of the molecule is O=C(Nc1ccc(Cl)cc1C(F)(F)F)c1cncc(NCC2CCCO2)c1. The van der Waals surface area contributed by atoms with Gasteiger partial charge in [-0.05, 0) is 37.1 Å². The fraction of sp³-hybridized carbons (Fsp3) is 0.333. The highest BCUT2D eigenvalue weighted by atomic mass is 35.5. The lowest BCUT2D eigenvalue weighted by atomic mass is 10.1. The highest BCUT2D eigenvalue weighted by Gasteiger charge is 2.34. The molecule has 0 saturated carbocycles. The van der Waals surface area contributed by atoms with Gasteiger partial charge in [0.25, 0.3) is 5.91 Å². The molecule has 1 atom stereocenters. The van der Waals surface area contributed by atoms with E-state index in [1.165, 1.54) is 24.5 Å². The zero-order valence-corrected chi connectivity index (χ0v) is 14.9. The van der Waals surface area contributed by atoms with Crippen LogP contribution in [0.4, 0.5) is 24.5 Å². The van der Waals surface area contributed by atoms with Gasteiger partial charge in [0.1, 0.15) is 0 Å². The number of carbonyl (C=O) groups excluding carboxylic acids is 1. The molecule has 2 N–H and O–H groups in total. The number of amides is 1. The zero-order valence-electron chi connectivity index (χ0n) is 14.1. The summed E-state index contributed by atoms with van der Waals surface area (Å²) in [4.78, 5) is 16.4. The van der Waals surface area contributed by atoms with Crippen LogP contribution in [0.15, 0.2) is 36.7 Å². The van der Waals surface area contributed by atoms with Crippen molar-refractivity contribution in [2.75, 3.05) is 23.8 Å². The third kappa shape index (κ3) is 5.11. The summed E-state index contributed by atoms with van der Waals surface area (Å²) in [5.74, 6) is -0.698. The van der Waals surface area contributed by atoms with E-state index >= 15 is 0 Å². The number of hydrogen-bond acceptors (Lipinski definition) is 4. The number of nitrogens with zero attached hydrogens (tertiary/aromatic N) is 1. The van der Waals surface area contributed by atoms with Gasteiger partial charge in [-0.15, -0.1) is 0 Å². The second kappa shape index (κ2) is 8.14. The Morgan fingerprint density at radius 3 is 2.81 bits per heavy atom. The number of rotatable bonds is 5. The maximum Gasteiger partial charge on any atom is 0.418 e. The van der Waals surface area contributed by atoms with Gasteiger partial charge in [0.2, 0.25) is 0 Å². The number of carbonyl (C=O) groups is 1. The molecule has 1 aromatic heterocycles. The lowest BCUT2D eigenvalue weighted by molar-refractivity contribution is -0.136. The summed E-state index contributed by atoms with van der Waals surface area (Å²) >= 11 is 5.64. The minimum atomic E-state index is -4.64. The average molecular weight is 400 g/mol. The van der Waals surface area contributed by atoms with Gasteiger partial charge in [0.05, 0.1) is 28.6 Å². The molecule has 1 aliphatic rings. The van der Waals surface area contributed by atoms with Crippen molar-refractivity contribution in [1.82, 2.24) is 4.98 Å². The molecule has 0 spiro atoms. The van der Waals surface area contributed by atoms with Crippen molar-refractivity contribution in [3.8, 4) is 0 Å². The Balaban J connectivity index is 1.72. The van der Waals surface area contributed by atoms with Crippen LogP contribution in [0.2, 0.25) is 5.02 Å². The van der Waals surface area contributed by atoms with Gasteiger partial charge in [-0.3, -0.25) is 9.78 Å². The largest absolute Gasteiger partial charge is 0.418 e. The summed E-state index contributed by atoms with van der Waals surface area (Å²) in [6, 6.07) is 4.70. The quantitative estimate of drug-likeness (QED) is 0.771. The predicted molar refractivity (Wildman–Crippen MR) is 96.1 cm³/mol. The van der Waals surface area contributed by atoms with Gasteiger partial charge >= 0.3 is 6.18 Å². The molecule has 2 aromatic rings. The molecule has 0 radical (unpaired) electrons. The molecule has 5 nitrogen and oxygen atoms in total. The number of pyridine rings is 1. The van der Waals surface area contributed by atoms with E-state index in [0.717, 1.165) is 31.6 Å². The molecule has 1 unspecified atom stereocenters. The molecular formula is C18H17ClF3N3O2. The fourth-order valence-electron chi connectivity index (χ4n) is 2.75. The summed E-state index contributed by atoms with van der Waals surface area (Å²) in [6.45, 7) is 1.30. The highest BCUT2D eigenvalue weighted by molar-refractivity contribution is 6.30. The number of benzene rings is 1. The van der Waals surface area contributed by atoms with Crippen molar-refractivity contribution in [2.45, 2.75) is 25.1 Å². The Hall–Kier alpha value is -2.32. The number of ether oxygens (including phenoxy) is 1. The Kier molecular flexibility index (Phi) is 5.86. The highest BCUT2D eigenvalue weighted by Crippen LogP contribution is 2.36. The van der Waals surface area contributed by atoms with Crippen molar-refractivity contribution in [2.24, 2.45) is 0 Å². The third-order valence-electron chi connectivity index (χ3n) is 4.09. The number of hydrogen-bond donors (Lipinski definition) is 2. The van der Waals surface area contributed by atoms with E-state index < -0.39 is 17.6 Å². The summed E-state index contributed by atoms with van der Waals surface area (Å²) in [6.07, 6.45) is 0.250. The van der Waals surface area contributed by atoms with Gasteiger partial charge in [0.15, 0.2) is 0 Å². The number of aromatic nitrogens is 1. The van der Waals surface area contributed by atoms with E-state index in [4.69, 9.17) is 16.3 Å². The maximum absolute atomic E-state index is 13.1. The second-order valence-corrected chi connectivity index (χ2v) is 6.56. The van der Waals surface area contributed by atoms with E-state index in [0.29, 0.717) is 12.2 Å². The third-order valence-corrected chi connectivity index (χ3v) is 4.33. The second-order valence-electron chi connectivity index (χ2n) is 6.12. The molecule has 1 amide bonds. The minimum absolute atomic E-state index is 0.0673. The van der Waals surface area contributed by atoms with Crippen LogP contribution in [0.25, 0.3) is 0 Å². The lowest BCUT2D eigenvalue weighted by Gasteiger charge is -2.15. The smallest absolute Gasteiger partial charge is 0.381 e. The van der Waals surface area contributed by atoms with E-state index in [1.807, 2.05) is 0 Å². The van der Waals surface area contributed by atoms with Crippen molar-refractivity contribution < 1.29 is 22.7 Å². The summed E-state index contributed by atoms with van der Waals surface area (Å²) in [5, 5.41) is 5.33. The van der Waals surface area contributed by atoms with Gasteiger partial charge in [-0.1, -0.05) is 11.6 Å². The van der Waals surface area contributed by atoms with Crippen LogP contribution >= 0.6 is 11.6 Å². The van der Waals surface area contributed by atoms with Crippen LogP contribution in [0.3, 0.4) is 0 Å². The van der Waals surface area contributed by atoms with Crippen LogP contribution in [-0.2, 0) is 10.9 Å². The van der Waals surface area contributed by atoms with Gasteiger partial charge in [-0.2, -0.15) is 13.2 Å². The Bertz CT molecular complexity index is 824. The number of halogens is 4. The molecule has 1 fully saturated rings. The van der Waals surface area contributed by atoms with Crippen molar-refractivity contribution >= 4 is 28.9 Å². The molecule has 1 saturated heterocycles. The van der Waals surface area contributed by atoms with E-state index in [2.05, 4.69) is 15.6 Å². The number of alkyl halides is 3. The topological polar surface area (TPSA) is 63.2 Å². The average Bonchev–Trinajstić information content (AvgIpc) is 3.14. The first kappa shape index (κ1) is 19.4. The first-order valence-electron chi connectivity index (χ1n) is 8.31.